The van der Waals surface area contributed by atoms with Gasteiger partial charge in [-0.3, -0.25) is 0 Å². The van der Waals surface area contributed by atoms with Crippen molar-refractivity contribution in [2.75, 3.05) is 0 Å². The molecule has 0 aromatic heterocycles. The van der Waals surface area contributed by atoms with Crippen molar-refractivity contribution < 1.29 is 10.2 Å². The molecule has 0 saturated heterocycles. The van der Waals surface area contributed by atoms with E-state index in [0.29, 0.717) is 0 Å². The molecule has 0 aliphatic heterocycles. The first kappa shape index (κ1) is 9.80. The highest BCUT2D eigenvalue weighted by molar-refractivity contribution is 4.60. The molecule has 0 amide bonds. The molecule has 0 spiro atoms. The largest absolute Gasteiger partial charge is 0.598 e. The van der Waals surface area contributed by atoms with Crippen molar-refractivity contribution in [1.29, 1.82) is 0 Å². The summed E-state index contributed by atoms with van der Waals surface area (Å²) < 4.78 is 0. The van der Waals surface area contributed by atoms with Crippen LogP contribution in [-0.2, 0) is 4.94 Å². The van der Waals surface area contributed by atoms with Gasteiger partial charge in [0.2, 0.25) is 0 Å². The van der Waals surface area contributed by atoms with Crippen molar-refractivity contribution in [3.05, 3.63) is 5.21 Å². The second-order valence-electron chi connectivity index (χ2n) is 2.74. The van der Waals surface area contributed by atoms with Crippen LogP contribution in [0.15, 0.2) is 0 Å². The zero-order valence-corrected chi connectivity index (χ0v) is 6.60. The van der Waals surface area contributed by atoms with E-state index >= 15 is 0 Å². The summed E-state index contributed by atoms with van der Waals surface area (Å²) >= 11 is 0. The van der Waals surface area contributed by atoms with Crippen molar-refractivity contribution in [1.82, 2.24) is 5.59 Å². The first-order chi connectivity index (χ1) is 4.54. The van der Waals surface area contributed by atoms with E-state index in [0.717, 1.165) is 6.42 Å². The molecule has 0 aromatic rings. The molecule has 0 rings (SSSR count). The molecule has 1 unspecified atom stereocenters. The Bertz CT molecular complexity index is 96.9. The van der Waals surface area contributed by atoms with Crippen LogP contribution >= 0.6 is 0 Å². The summed E-state index contributed by atoms with van der Waals surface area (Å²) in [5, 5.41) is 10.6. The fraction of sp³-hybridized carbons (Fsp3) is 1.00. The van der Waals surface area contributed by atoms with Crippen molar-refractivity contribution in [3.8, 4) is 0 Å². The first-order valence-corrected chi connectivity index (χ1v) is 3.21. The lowest BCUT2D eigenvalue weighted by atomic mass is 10.0. The Balaban J connectivity index is 3.78. The monoisotopic (exact) mass is 149 g/mol. The van der Waals surface area contributed by atoms with Gasteiger partial charge in [0, 0.05) is 6.42 Å². The summed E-state index contributed by atoms with van der Waals surface area (Å²) in [6.45, 7) is 5.51. The average Bonchev–Trinajstić information content (AvgIpc) is 1.89. The molecule has 0 radical (unpaired) electrons. The number of quaternary nitrogens is 1. The van der Waals surface area contributed by atoms with Crippen molar-refractivity contribution in [2.45, 2.75) is 32.7 Å². The fourth-order valence-electron chi connectivity index (χ4n) is 0.336. The third-order valence-electron chi connectivity index (χ3n) is 1.59. The predicted molar refractivity (Wildman–Crippen MR) is 37.1 cm³/mol. The highest BCUT2D eigenvalue weighted by Gasteiger charge is 2.24. The summed E-state index contributed by atoms with van der Waals surface area (Å²) in [5.74, 6) is 4.79. The highest BCUT2D eigenvalue weighted by atomic mass is 17.0. The van der Waals surface area contributed by atoms with Gasteiger partial charge in [-0.1, -0.05) is 17.5 Å². The van der Waals surface area contributed by atoms with E-state index in [1.165, 1.54) is 0 Å². The van der Waals surface area contributed by atoms with Gasteiger partial charge in [0.05, 0.1) is 0 Å². The Morgan fingerprint density at radius 1 is 1.70 bits per heavy atom. The Labute approximate surface area is 60.6 Å². The van der Waals surface area contributed by atoms with Crippen molar-refractivity contribution >= 4 is 0 Å². The number of rotatable bonds is 4. The number of nitrogens with two attached hydrogens (primary N) is 1. The Morgan fingerprint density at radius 2 is 2.20 bits per heavy atom. The van der Waals surface area contributed by atoms with Gasteiger partial charge in [-0.05, 0) is 13.8 Å². The molecule has 5 nitrogen and oxygen atoms in total. The second kappa shape index (κ2) is 3.85. The van der Waals surface area contributed by atoms with E-state index in [1.54, 1.807) is 13.8 Å². The quantitative estimate of drug-likeness (QED) is 0.349. The standard InChI is InChI=1S/C5H15N3O2/c1-4-5(2,3)8(9)10-7-6/h7-8H,4,6H2,1-3H3. The lowest BCUT2D eigenvalue weighted by Gasteiger charge is -2.32. The van der Waals surface area contributed by atoms with Gasteiger partial charge in [-0.15, -0.1) is 0 Å². The molecule has 0 fully saturated rings. The SMILES string of the molecule is CCC(C)(C)[NH+]([O-])ONN. The van der Waals surface area contributed by atoms with Crippen LogP contribution in [0.25, 0.3) is 0 Å². The van der Waals surface area contributed by atoms with Gasteiger partial charge in [0.1, 0.15) is 5.54 Å². The molecule has 1 atom stereocenters. The van der Waals surface area contributed by atoms with E-state index in [2.05, 4.69) is 4.94 Å². The third kappa shape index (κ3) is 2.59. The van der Waals surface area contributed by atoms with Crippen LogP contribution in [0.3, 0.4) is 0 Å². The van der Waals surface area contributed by atoms with Crippen molar-refractivity contribution in [2.24, 2.45) is 5.84 Å². The minimum absolute atomic E-state index is 0.336. The van der Waals surface area contributed by atoms with Crippen LogP contribution in [0.1, 0.15) is 27.2 Å². The summed E-state index contributed by atoms with van der Waals surface area (Å²) in [6, 6.07) is 0. The van der Waals surface area contributed by atoms with Crippen LogP contribution in [0, 0.1) is 5.21 Å². The number of hydroxylamine groups is 2. The van der Waals surface area contributed by atoms with Gasteiger partial charge in [0.15, 0.2) is 0 Å². The van der Waals surface area contributed by atoms with Crippen molar-refractivity contribution in [3.63, 3.8) is 0 Å². The van der Waals surface area contributed by atoms with E-state index in [1.807, 2.05) is 12.5 Å². The first-order valence-electron chi connectivity index (χ1n) is 3.21. The highest BCUT2D eigenvalue weighted by Crippen LogP contribution is 2.00. The lowest BCUT2D eigenvalue weighted by Crippen LogP contribution is -3.15. The maximum atomic E-state index is 10.9. The van der Waals surface area contributed by atoms with Gasteiger partial charge in [0.25, 0.3) is 0 Å². The Hall–Kier alpha value is -0.200. The Morgan fingerprint density at radius 3 is 2.50 bits per heavy atom. The van der Waals surface area contributed by atoms with E-state index < -0.39 is 5.54 Å². The molecule has 0 aliphatic carbocycles. The van der Waals surface area contributed by atoms with Gasteiger partial charge >= 0.3 is 0 Å². The summed E-state index contributed by atoms with van der Waals surface area (Å²) in [4.78, 5) is 4.39. The molecular weight excluding hydrogens is 134 g/mol. The van der Waals surface area contributed by atoms with E-state index in [-0.39, 0.29) is 5.23 Å². The third-order valence-corrected chi connectivity index (χ3v) is 1.59. The number of hydrazine groups is 1. The van der Waals surface area contributed by atoms with Crippen LogP contribution in [0.5, 0.6) is 0 Å². The molecule has 4 N–H and O–H groups in total. The zero-order chi connectivity index (χ0) is 8.20. The van der Waals surface area contributed by atoms with Gasteiger partial charge in [-0.25, -0.2) is 5.84 Å². The van der Waals surface area contributed by atoms with Crippen LogP contribution < -0.4 is 16.7 Å². The van der Waals surface area contributed by atoms with E-state index in [9.17, 15) is 5.21 Å². The normalized spacial score (nSPS) is 15.3. The minimum Gasteiger partial charge on any atom is -0.598 e. The van der Waals surface area contributed by atoms with Gasteiger partial charge < -0.3 is 5.21 Å². The molecular formula is C5H15N3O2. The molecule has 0 aliphatic rings. The molecule has 10 heavy (non-hydrogen) atoms. The summed E-state index contributed by atoms with van der Waals surface area (Å²) in [5.41, 5.74) is 1.41. The van der Waals surface area contributed by atoms with Crippen LogP contribution in [0.2, 0.25) is 0 Å². The molecule has 0 aromatic carbocycles. The lowest BCUT2D eigenvalue weighted by molar-refractivity contribution is -1.10. The fourth-order valence-corrected chi connectivity index (χ4v) is 0.336. The minimum atomic E-state index is -0.452. The number of hydrogen-bond acceptors (Lipinski definition) is 4. The zero-order valence-electron chi connectivity index (χ0n) is 6.60. The molecule has 0 heterocycles. The maximum absolute atomic E-state index is 10.9. The average molecular weight is 149 g/mol. The summed E-state index contributed by atoms with van der Waals surface area (Å²) in [7, 11) is 0. The maximum Gasteiger partial charge on any atom is 0.123 e. The molecule has 0 saturated carbocycles. The number of hydrogen-bond donors (Lipinski definition) is 3. The summed E-state index contributed by atoms with van der Waals surface area (Å²) in [6.07, 6.45) is 0.730. The molecule has 5 heteroatoms. The topological polar surface area (TPSA) is 74.8 Å². The molecule has 62 valence electrons. The number of nitrogens with one attached hydrogen (secondary N) is 2. The smallest absolute Gasteiger partial charge is 0.123 e. The van der Waals surface area contributed by atoms with Gasteiger partial charge in [-0.2, -0.15) is 5.23 Å². The second-order valence-corrected chi connectivity index (χ2v) is 2.74. The van der Waals surface area contributed by atoms with Crippen LogP contribution in [0.4, 0.5) is 0 Å². The molecule has 0 bridgehead atoms. The van der Waals surface area contributed by atoms with Crippen LogP contribution in [-0.4, -0.2) is 5.54 Å². The van der Waals surface area contributed by atoms with E-state index in [4.69, 9.17) is 5.84 Å². The predicted octanol–water partition coefficient (Wildman–Crippen LogP) is -1.13. The Kier molecular flexibility index (Phi) is 3.77.